The molecule has 2 aromatic rings. The van der Waals surface area contributed by atoms with Crippen LogP contribution in [0.25, 0.3) is 0 Å². The van der Waals surface area contributed by atoms with Crippen molar-refractivity contribution in [2.45, 2.75) is 84.0 Å². The van der Waals surface area contributed by atoms with Crippen LogP contribution in [0.5, 0.6) is 5.75 Å². The summed E-state index contributed by atoms with van der Waals surface area (Å²) in [5, 5.41) is 0.491. The monoisotopic (exact) mass is 516 g/mol. The standard InChI is InChI=1S/C30H41ClO5/c1-2-3-4-5-6-7-8-9-10-11-12-17-22-35-29(32)25-18-13-14-19-26(25)30(33)36-24-23-34-28-21-16-15-20-27(28)31/h13-16,18-21H,2-12,17,22-24H2,1H3. The van der Waals surface area contributed by atoms with Gasteiger partial charge in [-0.05, 0) is 30.7 Å². The molecule has 2 rings (SSSR count). The van der Waals surface area contributed by atoms with Crippen molar-refractivity contribution in [1.29, 1.82) is 0 Å². The van der Waals surface area contributed by atoms with E-state index in [1.54, 1.807) is 36.4 Å². The van der Waals surface area contributed by atoms with Crippen LogP contribution in [0.15, 0.2) is 48.5 Å². The molecule has 0 N–H and O–H groups in total. The molecule has 6 heteroatoms. The Morgan fingerprint density at radius 2 is 1.08 bits per heavy atom. The Morgan fingerprint density at radius 3 is 1.64 bits per heavy atom. The number of benzene rings is 2. The van der Waals surface area contributed by atoms with Crippen molar-refractivity contribution in [3.05, 3.63) is 64.7 Å². The topological polar surface area (TPSA) is 61.8 Å². The summed E-state index contributed by atoms with van der Waals surface area (Å²) in [5.41, 5.74) is 0.406. The van der Waals surface area contributed by atoms with Crippen molar-refractivity contribution >= 4 is 23.5 Å². The van der Waals surface area contributed by atoms with Gasteiger partial charge in [-0.25, -0.2) is 9.59 Å². The summed E-state index contributed by atoms with van der Waals surface area (Å²) < 4.78 is 16.2. The van der Waals surface area contributed by atoms with E-state index in [0.717, 1.165) is 19.3 Å². The molecule has 0 aliphatic heterocycles. The van der Waals surface area contributed by atoms with Gasteiger partial charge in [0.2, 0.25) is 0 Å². The number of hydrogen-bond acceptors (Lipinski definition) is 5. The van der Waals surface area contributed by atoms with E-state index in [4.69, 9.17) is 25.8 Å². The first-order valence-electron chi connectivity index (χ1n) is 13.4. The number of ether oxygens (including phenoxy) is 3. The quantitative estimate of drug-likeness (QED) is 0.138. The molecule has 0 fully saturated rings. The lowest BCUT2D eigenvalue weighted by Gasteiger charge is -2.11. The molecule has 0 saturated carbocycles. The summed E-state index contributed by atoms with van der Waals surface area (Å²) in [6.45, 7) is 2.79. The van der Waals surface area contributed by atoms with Crippen molar-refractivity contribution in [3.8, 4) is 5.75 Å². The van der Waals surface area contributed by atoms with E-state index in [-0.39, 0.29) is 24.3 Å². The minimum Gasteiger partial charge on any atom is -0.488 e. The van der Waals surface area contributed by atoms with Crippen molar-refractivity contribution in [1.82, 2.24) is 0 Å². The number of esters is 2. The Morgan fingerprint density at radius 1 is 0.611 bits per heavy atom. The predicted molar refractivity (Wildman–Crippen MR) is 145 cm³/mol. The summed E-state index contributed by atoms with van der Waals surface area (Å²) in [6, 6.07) is 13.6. The average Bonchev–Trinajstić information content (AvgIpc) is 2.90. The minimum atomic E-state index is -0.587. The highest BCUT2D eigenvalue weighted by molar-refractivity contribution is 6.32. The zero-order valence-electron chi connectivity index (χ0n) is 21.6. The van der Waals surface area contributed by atoms with Gasteiger partial charge in [-0.3, -0.25) is 0 Å². The molecule has 0 radical (unpaired) electrons. The lowest BCUT2D eigenvalue weighted by Crippen LogP contribution is -2.17. The first kappa shape index (κ1) is 29.7. The highest BCUT2D eigenvalue weighted by Gasteiger charge is 2.19. The van der Waals surface area contributed by atoms with Crippen molar-refractivity contribution < 1.29 is 23.8 Å². The molecule has 0 spiro atoms. The molecule has 0 aliphatic carbocycles. The Hall–Kier alpha value is -2.53. The van der Waals surface area contributed by atoms with Gasteiger partial charge in [-0.15, -0.1) is 0 Å². The van der Waals surface area contributed by atoms with E-state index in [1.165, 1.54) is 57.8 Å². The van der Waals surface area contributed by atoms with Crippen LogP contribution < -0.4 is 4.74 Å². The largest absolute Gasteiger partial charge is 0.488 e. The third-order valence-corrected chi connectivity index (χ3v) is 6.32. The van der Waals surface area contributed by atoms with Crippen LogP contribution in [0.4, 0.5) is 0 Å². The van der Waals surface area contributed by atoms with Gasteiger partial charge < -0.3 is 14.2 Å². The molecule has 198 valence electrons. The smallest absolute Gasteiger partial charge is 0.339 e. The van der Waals surface area contributed by atoms with Crippen LogP contribution in [-0.4, -0.2) is 31.8 Å². The maximum absolute atomic E-state index is 12.6. The Labute approximate surface area is 221 Å². The summed E-state index contributed by atoms with van der Waals surface area (Å²) in [5.74, 6) is -0.564. The van der Waals surface area contributed by atoms with Crippen LogP contribution >= 0.6 is 11.6 Å². The number of rotatable bonds is 19. The van der Waals surface area contributed by atoms with Crippen LogP contribution in [-0.2, 0) is 9.47 Å². The summed E-state index contributed by atoms with van der Waals surface area (Å²) in [6.07, 6.45) is 15.0. The van der Waals surface area contributed by atoms with Gasteiger partial charge >= 0.3 is 11.9 Å². The third kappa shape index (κ3) is 11.9. The fraction of sp³-hybridized carbons (Fsp3) is 0.533. The first-order chi connectivity index (χ1) is 17.6. The molecular weight excluding hydrogens is 476 g/mol. The number of hydrogen-bond donors (Lipinski definition) is 0. The van der Waals surface area contributed by atoms with Gasteiger partial charge in [0.1, 0.15) is 19.0 Å². The maximum atomic E-state index is 12.6. The molecule has 0 aliphatic rings. The van der Waals surface area contributed by atoms with E-state index in [0.29, 0.717) is 17.4 Å². The summed E-state index contributed by atoms with van der Waals surface area (Å²) >= 11 is 6.05. The Kier molecular flexibility index (Phi) is 15.4. The van der Waals surface area contributed by atoms with Crippen LogP contribution in [0.1, 0.15) is 105 Å². The number of halogens is 1. The summed E-state index contributed by atoms with van der Waals surface area (Å²) in [7, 11) is 0. The van der Waals surface area contributed by atoms with Crippen LogP contribution in [0.3, 0.4) is 0 Å². The molecule has 0 unspecified atom stereocenters. The van der Waals surface area contributed by atoms with Crippen molar-refractivity contribution in [2.24, 2.45) is 0 Å². The fourth-order valence-electron chi connectivity index (χ4n) is 3.95. The van der Waals surface area contributed by atoms with Crippen molar-refractivity contribution in [2.75, 3.05) is 19.8 Å². The van der Waals surface area contributed by atoms with Crippen LogP contribution in [0.2, 0.25) is 5.02 Å². The molecule has 0 bridgehead atoms. The number of unbranched alkanes of at least 4 members (excludes halogenated alkanes) is 11. The molecule has 0 atom stereocenters. The molecule has 0 amide bonds. The van der Waals surface area contributed by atoms with E-state index in [9.17, 15) is 9.59 Å². The van der Waals surface area contributed by atoms with Gasteiger partial charge in [0.25, 0.3) is 0 Å². The number of carbonyl (C=O) groups excluding carboxylic acids is 2. The molecule has 0 aromatic heterocycles. The normalized spacial score (nSPS) is 10.7. The lowest BCUT2D eigenvalue weighted by molar-refractivity contribution is 0.0422. The fourth-order valence-corrected chi connectivity index (χ4v) is 4.14. The second kappa shape index (κ2) is 18.7. The van der Waals surface area contributed by atoms with Gasteiger partial charge in [-0.2, -0.15) is 0 Å². The molecule has 36 heavy (non-hydrogen) atoms. The van der Waals surface area contributed by atoms with E-state index >= 15 is 0 Å². The van der Waals surface area contributed by atoms with E-state index in [2.05, 4.69) is 6.92 Å². The molecule has 2 aromatic carbocycles. The maximum Gasteiger partial charge on any atom is 0.339 e. The summed E-state index contributed by atoms with van der Waals surface area (Å²) in [4.78, 5) is 25.1. The first-order valence-corrected chi connectivity index (χ1v) is 13.8. The second-order valence-corrected chi connectivity index (χ2v) is 9.39. The average molecular weight is 517 g/mol. The Bertz CT molecular complexity index is 898. The molecule has 0 saturated heterocycles. The van der Waals surface area contributed by atoms with Gasteiger partial charge in [-0.1, -0.05) is 113 Å². The second-order valence-electron chi connectivity index (χ2n) is 8.99. The highest BCUT2D eigenvalue weighted by Crippen LogP contribution is 2.23. The third-order valence-electron chi connectivity index (χ3n) is 6.01. The Balaban J connectivity index is 1.60. The number of carbonyl (C=O) groups is 2. The predicted octanol–water partition coefficient (Wildman–Crippen LogP) is 8.43. The van der Waals surface area contributed by atoms with Crippen molar-refractivity contribution in [3.63, 3.8) is 0 Å². The van der Waals surface area contributed by atoms with Gasteiger partial charge in [0.15, 0.2) is 0 Å². The molecule has 0 heterocycles. The van der Waals surface area contributed by atoms with Gasteiger partial charge in [0, 0.05) is 0 Å². The van der Waals surface area contributed by atoms with Crippen LogP contribution in [0, 0.1) is 0 Å². The lowest BCUT2D eigenvalue weighted by atomic mass is 10.1. The zero-order valence-corrected chi connectivity index (χ0v) is 22.4. The SMILES string of the molecule is CCCCCCCCCCCCCCOC(=O)c1ccccc1C(=O)OCCOc1ccccc1Cl. The molecule has 5 nitrogen and oxygen atoms in total. The molecular formula is C30H41ClO5. The van der Waals surface area contributed by atoms with E-state index in [1.807, 2.05) is 12.1 Å². The minimum absolute atomic E-state index is 0.0340. The van der Waals surface area contributed by atoms with E-state index < -0.39 is 11.9 Å². The highest BCUT2D eigenvalue weighted by atomic mass is 35.5. The van der Waals surface area contributed by atoms with Gasteiger partial charge in [0.05, 0.1) is 22.8 Å². The zero-order chi connectivity index (χ0) is 25.8. The number of para-hydroxylation sites is 1.